The first-order valence-electron chi connectivity index (χ1n) is 5.72. The second-order valence-corrected chi connectivity index (χ2v) is 4.38. The lowest BCUT2D eigenvalue weighted by Gasteiger charge is -2.15. The molecule has 1 aromatic rings. The van der Waals surface area contributed by atoms with Gasteiger partial charge in [0.1, 0.15) is 5.75 Å². The standard InChI is InChI=1S/C13H17NO2/c1-10(15)11-4-5-13(16)12(8-11)9-14-6-2-3-7-14/h4-5,8,16H,2-3,6-7,9H2,1H3. The Morgan fingerprint density at radius 3 is 2.69 bits per heavy atom. The lowest BCUT2D eigenvalue weighted by Crippen LogP contribution is -2.18. The number of hydrogen-bond acceptors (Lipinski definition) is 3. The van der Waals surface area contributed by atoms with Crippen molar-refractivity contribution in [3.63, 3.8) is 0 Å². The molecule has 0 amide bonds. The summed E-state index contributed by atoms with van der Waals surface area (Å²) in [6, 6.07) is 5.09. The summed E-state index contributed by atoms with van der Waals surface area (Å²) in [6.45, 7) is 4.46. The van der Waals surface area contributed by atoms with Crippen molar-refractivity contribution in [3.05, 3.63) is 29.3 Å². The molecule has 1 fully saturated rings. The van der Waals surface area contributed by atoms with E-state index in [1.807, 2.05) is 0 Å². The van der Waals surface area contributed by atoms with Gasteiger partial charge in [-0.2, -0.15) is 0 Å². The number of aromatic hydroxyl groups is 1. The molecular formula is C13H17NO2. The van der Waals surface area contributed by atoms with Gasteiger partial charge in [-0.1, -0.05) is 0 Å². The van der Waals surface area contributed by atoms with E-state index in [-0.39, 0.29) is 11.5 Å². The highest BCUT2D eigenvalue weighted by molar-refractivity contribution is 5.94. The molecule has 0 aromatic heterocycles. The monoisotopic (exact) mass is 219 g/mol. The van der Waals surface area contributed by atoms with Crippen LogP contribution in [0.5, 0.6) is 5.75 Å². The minimum Gasteiger partial charge on any atom is -0.508 e. The van der Waals surface area contributed by atoms with Gasteiger partial charge in [-0.25, -0.2) is 0 Å². The van der Waals surface area contributed by atoms with Crippen LogP contribution in [0.3, 0.4) is 0 Å². The lowest BCUT2D eigenvalue weighted by molar-refractivity contribution is 0.101. The lowest BCUT2D eigenvalue weighted by atomic mass is 10.1. The first-order valence-corrected chi connectivity index (χ1v) is 5.72. The zero-order chi connectivity index (χ0) is 11.5. The van der Waals surface area contributed by atoms with Gasteiger partial charge in [0.25, 0.3) is 0 Å². The van der Waals surface area contributed by atoms with E-state index in [9.17, 15) is 9.90 Å². The van der Waals surface area contributed by atoms with E-state index in [4.69, 9.17) is 0 Å². The summed E-state index contributed by atoms with van der Waals surface area (Å²) in [5.74, 6) is 0.333. The van der Waals surface area contributed by atoms with Gasteiger partial charge in [0, 0.05) is 17.7 Å². The van der Waals surface area contributed by atoms with Crippen molar-refractivity contribution in [2.24, 2.45) is 0 Å². The maximum absolute atomic E-state index is 11.3. The number of carbonyl (C=O) groups excluding carboxylic acids is 1. The van der Waals surface area contributed by atoms with Crippen LogP contribution in [0, 0.1) is 0 Å². The van der Waals surface area contributed by atoms with Crippen LogP contribution < -0.4 is 0 Å². The zero-order valence-electron chi connectivity index (χ0n) is 9.57. The molecule has 0 unspecified atom stereocenters. The Bertz CT molecular complexity index is 395. The highest BCUT2D eigenvalue weighted by Crippen LogP contribution is 2.22. The van der Waals surface area contributed by atoms with Crippen molar-refractivity contribution >= 4 is 5.78 Å². The highest BCUT2D eigenvalue weighted by Gasteiger charge is 2.14. The molecule has 1 saturated heterocycles. The van der Waals surface area contributed by atoms with Crippen LogP contribution in [0.1, 0.15) is 35.7 Å². The SMILES string of the molecule is CC(=O)c1ccc(O)c(CN2CCCC2)c1. The van der Waals surface area contributed by atoms with Crippen molar-refractivity contribution in [2.45, 2.75) is 26.3 Å². The number of likely N-dealkylation sites (tertiary alicyclic amines) is 1. The van der Waals surface area contributed by atoms with Crippen LogP contribution in [0.15, 0.2) is 18.2 Å². The van der Waals surface area contributed by atoms with Gasteiger partial charge >= 0.3 is 0 Å². The molecule has 1 heterocycles. The third kappa shape index (κ3) is 2.42. The van der Waals surface area contributed by atoms with Crippen LogP contribution in [0.25, 0.3) is 0 Å². The van der Waals surface area contributed by atoms with Crippen molar-refractivity contribution in [2.75, 3.05) is 13.1 Å². The van der Waals surface area contributed by atoms with E-state index in [1.165, 1.54) is 12.8 Å². The van der Waals surface area contributed by atoms with E-state index in [0.29, 0.717) is 5.56 Å². The smallest absolute Gasteiger partial charge is 0.159 e. The van der Waals surface area contributed by atoms with Gasteiger partial charge in [-0.05, 0) is 51.1 Å². The Morgan fingerprint density at radius 2 is 2.06 bits per heavy atom. The van der Waals surface area contributed by atoms with Gasteiger partial charge in [0.05, 0.1) is 0 Å². The number of benzene rings is 1. The van der Waals surface area contributed by atoms with Gasteiger partial charge in [-0.3, -0.25) is 9.69 Å². The Balaban J connectivity index is 2.17. The third-order valence-corrected chi connectivity index (χ3v) is 3.08. The molecule has 3 heteroatoms. The minimum absolute atomic E-state index is 0.0441. The predicted octanol–water partition coefficient (Wildman–Crippen LogP) is 2.19. The zero-order valence-corrected chi connectivity index (χ0v) is 9.57. The fourth-order valence-corrected chi connectivity index (χ4v) is 2.11. The number of nitrogens with zero attached hydrogens (tertiary/aromatic N) is 1. The van der Waals surface area contributed by atoms with E-state index in [0.717, 1.165) is 25.2 Å². The second-order valence-electron chi connectivity index (χ2n) is 4.38. The summed E-state index contributed by atoms with van der Waals surface area (Å²) >= 11 is 0. The van der Waals surface area contributed by atoms with Crippen molar-refractivity contribution in [1.29, 1.82) is 0 Å². The molecule has 16 heavy (non-hydrogen) atoms. The first kappa shape index (κ1) is 11.1. The molecule has 1 N–H and O–H groups in total. The van der Waals surface area contributed by atoms with Crippen LogP contribution in [-0.4, -0.2) is 28.9 Å². The molecule has 1 aromatic carbocycles. The van der Waals surface area contributed by atoms with Crippen LogP contribution in [-0.2, 0) is 6.54 Å². The van der Waals surface area contributed by atoms with Crippen LogP contribution in [0.2, 0.25) is 0 Å². The number of ketones is 1. The molecule has 1 aliphatic heterocycles. The molecule has 1 aliphatic rings. The molecule has 0 saturated carbocycles. The highest BCUT2D eigenvalue weighted by atomic mass is 16.3. The van der Waals surface area contributed by atoms with Crippen molar-refractivity contribution in [3.8, 4) is 5.75 Å². The van der Waals surface area contributed by atoms with E-state index < -0.39 is 0 Å². The molecule has 86 valence electrons. The number of phenolic OH excluding ortho intramolecular Hbond substituents is 1. The quantitative estimate of drug-likeness (QED) is 0.792. The van der Waals surface area contributed by atoms with E-state index in [1.54, 1.807) is 25.1 Å². The summed E-state index contributed by atoms with van der Waals surface area (Å²) in [6.07, 6.45) is 2.46. The van der Waals surface area contributed by atoms with E-state index >= 15 is 0 Å². The summed E-state index contributed by atoms with van der Waals surface area (Å²) in [5, 5.41) is 9.74. The predicted molar refractivity (Wildman–Crippen MR) is 62.6 cm³/mol. The molecule has 0 spiro atoms. The number of phenols is 1. The van der Waals surface area contributed by atoms with Crippen molar-refractivity contribution in [1.82, 2.24) is 4.90 Å². The fourth-order valence-electron chi connectivity index (χ4n) is 2.11. The largest absolute Gasteiger partial charge is 0.508 e. The molecule has 3 nitrogen and oxygen atoms in total. The molecule has 0 aliphatic carbocycles. The minimum atomic E-state index is 0.0441. The average molecular weight is 219 g/mol. The summed E-state index contributed by atoms with van der Waals surface area (Å²) < 4.78 is 0. The third-order valence-electron chi connectivity index (χ3n) is 3.08. The van der Waals surface area contributed by atoms with Crippen molar-refractivity contribution < 1.29 is 9.90 Å². The first-order chi connectivity index (χ1) is 7.66. The molecule has 0 bridgehead atoms. The van der Waals surface area contributed by atoms with Crippen LogP contribution in [0.4, 0.5) is 0 Å². The molecule has 2 rings (SSSR count). The van der Waals surface area contributed by atoms with Gasteiger partial charge in [0.2, 0.25) is 0 Å². The fraction of sp³-hybridized carbons (Fsp3) is 0.462. The molecular weight excluding hydrogens is 202 g/mol. The average Bonchev–Trinajstić information content (AvgIpc) is 2.73. The summed E-state index contributed by atoms with van der Waals surface area (Å²) in [4.78, 5) is 13.6. The number of carbonyl (C=O) groups is 1. The van der Waals surface area contributed by atoms with Gasteiger partial charge < -0.3 is 5.11 Å². The van der Waals surface area contributed by atoms with Gasteiger partial charge in [-0.15, -0.1) is 0 Å². The van der Waals surface area contributed by atoms with Gasteiger partial charge in [0.15, 0.2) is 5.78 Å². The Labute approximate surface area is 95.7 Å². The normalized spacial score (nSPS) is 16.6. The second kappa shape index (κ2) is 4.66. The summed E-state index contributed by atoms with van der Waals surface area (Å²) in [7, 11) is 0. The molecule has 0 atom stereocenters. The Kier molecular flexibility index (Phi) is 3.25. The summed E-state index contributed by atoms with van der Waals surface area (Å²) in [5.41, 5.74) is 1.53. The van der Waals surface area contributed by atoms with E-state index in [2.05, 4.69) is 4.90 Å². The topological polar surface area (TPSA) is 40.5 Å². The maximum Gasteiger partial charge on any atom is 0.159 e. The Morgan fingerprint density at radius 1 is 1.38 bits per heavy atom. The molecule has 0 radical (unpaired) electrons. The Hall–Kier alpha value is -1.35. The number of Topliss-reactive ketones (excluding diaryl/α,β-unsaturated/α-hetero) is 1. The maximum atomic E-state index is 11.3. The number of rotatable bonds is 3. The van der Waals surface area contributed by atoms with Crippen LogP contribution >= 0.6 is 0 Å². The number of hydrogen-bond donors (Lipinski definition) is 1.